The van der Waals surface area contributed by atoms with Gasteiger partial charge in [0, 0.05) is 25.7 Å². The van der Waals surface area contributed by atoms with E-state index in [0.717, 1.165) is 25.9 Å². The van der Waals surface area contributed by atoms with E-state index in [9.17, 15) is 4.79 Å². The molecule has 1 aliphatic rings. The van der Waals surface area contributed by atoms with E-state index >= 15 is 0 Å². The van der Waals surface area contributed by atoms with Gasteiger partial charge in [0.2, 0.25) is 5.91 Å². The van der Waals surface area contributed by atoms with E-state index in [-0.39, 0.29) is 30.5 Å². The largest absolute Gasteiger partial charge is 0.396 e. The second kappa shape index (κ2) is 6.21. The summed E-state index contributed by atoms with van der Waals surface area (Å²) in [5.41, 5.74) is 0. The molecule has 0 aromatic heterocycles. The van der Waals surface area contributed by atoms with E-state index in [4.69, 9.17) is 5.11 Å². The summed E-state index contributed by atoms with van der Waals surface area (Å²) in [5, 5.41) is 12.3. The molecule has 1 heterocycles. The third-order valence-corrected chi connectivity index (χ3v) is 3.44. The average molecular weight is 228 g/mol. The molecule has 94 valence electrons. The lowest BCUT2D eigenvalue weighted by molar-refractivity contribution is -0.132. The van der Waals surface area contributed by atoms with Crippen LogP contribution in [0.4, 0.5) is 0 Å². The van der Waals surface area contributed by atoms with Gasteiger partial charge in [0.1, 0.15) is 0 Å². The lowest BCUT2D eigenvalue weighted by Crippen LogP contribution is -2.48. The molecule has 0 spiro atoms. The number of aliphatic hydroxyl groups excluding tert-OH is 1. The summed E-state index contributed by atoms with van der Waals surface area (Å²) in [7, 11) is 0. The Morgan fingerprint density at radius 2 is 1.88 bits per heavy atom. The van der Waals surface area contributed by atoms with Crippen molar-refractivity contribution in [3.05, 3.63) is 0 Å². The monoisotopic (exact) mass is 228 g/mol. The fourth-order valence-corrected chi connectivity index (χ4v) is 2.00. The fourth-order valence-electron chi connectivity index (χ4n) is 2.00. The van der Waals surface area contributed by atoms with Gasteiger partial charge in [-0.15, -0.1) is 0 Å². The molecule has 0 radical (unpaired) electrons. The number of nitrogens with one attached hydrogen (secondary N) is 1. The minimum atomic E-state index is -0.151. The van der Waals surface area contributed by atoms with Crippen molar-refractivity contribution in [3.8, 4) is 0 Å². The number of likely N-dealkylation sites (tertiary alicyclic amines) is 1. The molecule has 0 saturated carbocycles. The van der Waals surface area contributed by atoms with Crippen LogP contribution in [0.25, 0.3) is 0 Å². The highest BCUT2D eigenvalue weighted by atomic mass is 16.3. The van der Waals surface area contributed by atoms with Crippen molar-refractivity contribution in [2.24, 2.45) is 5.92 Å². The van der Waals surface area contributed by atoms with Gasteiger partial charge in [0.05, 0.1) is 6.04 Å². The zero-order valence-corrected chi connectivity index (χ0v) is 10.6. The maximum Gasteiger partial charge on any atom is 0.239 e. The van der Waals surface area contributed by atoms with Gasteiger partial charge >= 0.3 is 0 Å². The topological polar surface area (TPSA) is 52.6 Å². The second-order valence-corrected chi connectivity index (χ2v) is 4.87. The number of amides is 1. The lowest BCUT2D eigenvalue weighted by atomic mass is 10.0. The average Bonchev–Trinajstić information content (AvgIpc) is 2.79. The number of hydrogen-bond donors (Lipinski definition) is 2. The molecule has 4 heteroatoms. The Bertz CT molecular complexity index is 227. The third-order valence-electron chi connectivity index (χ3n) is 3.44. The molecule has 1 aliphatic heterocycles. The molecule has 0 bridgehead atoms. The summed E-state index contributed by atoms with van der Waals surface area (Å²) in [6, 6.07) is 0.00801. The molecule has 1 amide bonds. The number of rotatable bonds is 5. The Morgan fingerprint density at radius 3 is 2.38 bits per heavy atom. The van der Waals surface area contributed by atoms with Gasteiger partial charge in [-0.25, -0.2) is 0 Å². The molecular weight excluding hydrogens is 204 g/mol. The van der Waals surface area contributed by atoms with Gasteiger partial charge in [0.15, 0.2) is 0 Å². The molecule has 1 saturated heterocycles. The quantitative estimate of drug-likeness (QED) is 0.724. The van der Waals surface area contributed by atoms with Crippen LogP contribution in [0, 0.1) is 5.92 Å². The first-order chi connectivity index (χ1) is 7.56. The molecule has 3 unspecified atom stereocenters. The molecule has 0 aromatic rings. The Balaban J connectivity index is 2.38. The summed E-state index contributed by atoms with van der Waals surface area (Å²) in [6.07, 6.45) is 2.25. The van der Waals surface area contributed by atoms with E-state index in [1.165, 1.54) is 0 Å². The molecule has 0 aliphatic carbocycles. The highest BCUT2D eigenvalue weighted by molar-refractivity contribution is 5.81. The van der Waals surface area contributed by atoms with Crippen molar-refractivity contribution in [1.29, 1.82) is 0 Å². The van der Waals surface area contributed by atoms with Gasteiger partial charge < -0.3 is 15.3 Å². The zero-order chi connectivity index (χ0) is 12.1. The SMILES string of the molecule is CC(NC(C)C(C)CO)C(=O)N1CCCC1. The molecule has 16 heavy (non-hydrogen) atoms. The van der Waals surface area contributed by atoms with Gasteiger partial charge in [-0.05, 0) is 32.6 Å². The number of nitrogens with zero attached hydrogens (tertiary/aromatic N) is 1. The second-order valence-electron chi connectivity index (χ2n) is 4.87. The van der Waals surface area contributed by atoms with E-state index < -0.39 is 0 Å². The summed E-state index contributed by atoms with van der Waals surface area (Å²) in [4.78, 5) is 13.9. The van der Waals surface area contributed by atoms with Crippen LogP contribution in [-0.2, 0) is 4.79 Å². The standard InChI is InChI=1S/C12H24N2O2/c1-9(8-15)10(2)13-11(3)12(16)14-6-4-5-7-14/h9-11,13,15H,4-8H2,1-3H3. The lowest BCUT2D eigenvalue weighted by Gasteiger charge is -2.26. The number of aliphatic hydroxyl groups is 1. The molecule has 1 fully saturated rings. The molecule has 0 aromatic carbocycles. The first kappa shape index (κ1) is 13.5. The van der Waals surface area contributed by atoms with Gasteiger partial charge in [0.25, 0.3) is 0 Å². The van der Waals surface area contributed by atoms with E-state index in [0.29, 0.717) is 0 Å². The van der Waals surface area contributed by atoms with Gasteiger partial charge in [-0.1, -0.05) is 6.92 Å². The van der Waals surface area contributed by atoms with Gasteiger partial charge in [-0.2, -0.15) is 0 Å². The summed E-state index contributed by atoms with van der Waals surface area (Å²) >= 11 is 0. The Kier molecular flexibility index (Phi) is 5.22. The minimum absolute atomic E-state index is 0.151. The maximum atomic E-state index is 12.0. The zero-order valence-electron chi connectivity index (χ0n) is 10.6. The number of carbonyl (C=O) groups is 1. The molecule has 3 atom stereocenters. The Morgan fingerprint density at radius 1 is 1.31 bits per heavy atom. The smallest absolute Gasteiger partial charge is 0.239 e. The van der Waals surface area contributed by atoms with Crippen LogP contribution in [0.5, 0.6) is 0 Å². The molecule has 4 nitrogen and oxygen atoms in total. The predicted molar refractivity (Wildman–Crippen MR) is 64.1 cm³/mol. The minimum Gasteiger partial charge on any atom is -0.396 e. The highest BCUT2D eigenvalue weighted by Gasteiger charge is 2.24. The van der Waals surface area contributed by atoms with Crippen LogP contribution in [0.15, 0.2) is 0 Å². The van der Waals surface area contributed by atoms with Crippen molar-refractivity contribution in [2.75, 3.05) is 19.7 Å². The summed E-state index contributed by atoms with van der Waals surface area (Å²) in [6.45, 7) is 7.84. The molecular formula is C12H24N2O2. The normalized spacial score (nSPS) is 21.9. The van der Waals surface area contributed by atoms with Crippen LogP contribution >= 0.6 is 0 Å². The fraction of sp³-hybridized carbons (Fsp3) is 0.917. The maximum absolute atomic E-state index is 12.0. The number of carbonyl (C=O) groups excluding carboxylic acids is 1. The number of hydrogen-bond acceptors (Lipinski definition) is 3. The summed E-state index contributed by atoms with van der Waals surface area (Å²) in [5.74, 6) is 0.364. The molecule has 2 N–H and O–H groups in total. The summed E-state index contributed by atoms with van der Waals surface area (Å²) < 4.78 is 0. The van der Waals surface area contributed by atoms with E-state index in [1.807, 2.05) is 25.7 Å². The van der Waals surface area contributed by atoms with Crippen LogP contribution in [0.1, 0.15) is 33.6 Å². The van der Waals surface area contributed by atoms with Crippen LogP contribution in [0.2, 0.25) is 0 Å². The van der Waals surface area contributed by atoms with Crippen molar-refractivity contribution in [1.82, 2.24) is 10.2 Å². The van der Waals surface area contributed by atoms with Crippen molar-refractivity contribution in [3.63, 3.8) is 0 Å². The molecule has 1 rings (SSSR count). The van der Waals surface area contributed by atoms with Crippen molar-refractivity contribution < 1.29 is 9.90 Å². The third kappa shape index (κ3) is 3.46. The Labute approximate surface area is 98.0 Å². The van der Waals surface area contributed by atoms with E-state index in [1.54, 1.807) is 0 Å². The highest BCUT2D eigenvalue weighted by Crippen LogP contribution is 2.10. The first-order valence-corrected chi connectivity index (χ1v) is 6.22. The van der Waals surface area contributed by atoms with Crippen LogP contribution in [0.3, 0.4) is 0 Å². The van der Waals surface area contributed by atoms with Crippen LogP contribution < -0.4 is 5.32 Å². The van der Waals surface area contributed by atoms with Crippen LogP contribution in [-0.4, -0.2) is 47.7 Å². The van der Waals surface area contributed by atoms with Crippen molar-refractivity contribution in [2.45, 2.75) is 45.7 Å². The van der Waals surface area contributed by atoms with E-state index in [2.05, 4.69) is 5.32 Å². The Hall–Kier alpha value is -0.610. The van der Waals surface area contributed by atoms with Gasteiger partial charge in [-0.3, -0.25) is 4.79 Å². The predicted octanol–water partition coefficient (Wildman–Crippen LogP) is 0.604. The van der Waals surface area contributed by atoms with Crippen molar-refractivity contribution >= 4 is 5.91 Å². The first-order valence-electron chi connectivity index (χ1n) is 6.22.